The highest BCUT2D eigenvalue weighted by Gasteiger charge is 2.22. The number of halogens is 1. The van der Waals surface area contributed by atoms with Gasteiger partial charge in [0.25, 0.3) is 0 Å². The van der Waals surface area contributed by atoms with Crippen molar-refractivity contribution in [3.8, 4) is 0 Å². The summed E-state index contributed by atoms with van der Waals surface area (Å²) in [7, 11) is 0. The minimum Gasteiger partial charge on any atom is -0.349 e. The van der Waals surface area contributed by atoms with Gasteiger partial charge in [-0.05, 0) is 49.6 Å². The lowest BCUT2D eigenvalue weighted by Gasteiger charge is -2.26. The van der Waals surface area contributed by atoms with E-state index in [4.69, 9.17) is 17.3 Å². The smallest absolute Gasteiger partial charge is 0.220 e. The SMILES string of the molecule is NCCCCC(=O)NC1CCSc2ccc(Cl)cc21. The van der Waals surface area contributed by atoms with Gasteiger partial charge in [0.05, 0.1) is 6.04 Å². The number of hydrogen-bond acceptors (Lipinski definition) is 3. The molecule has 1 unspecified atom stereocenters. The van der Waals surface area contributed by atoms with Gasteiger partial charge in [-0.3, -0.25) is 4.79 Å². The van der Waals surface area contributed by atoms with E-state index in [0.717, 1.165) is 35.6 Å². The first-order valence-corrected chi connectivity index (χ1v) is 7.98. The van der Waals surface area contributed by atoms with Gasteiger partial charge in [0, 0.05) is 22.1 Å². The third-order valence-corrected chi connectivity index (χ3v) is 4.56. The van der Waals surface area contributed by atoms with Gasteiger partial charge in [0.1, 0.15) is 0 Å². The summed E-state index contributed by atoms with van der Waals surface area (Å²) >= 11 is 7.87. The van der Waals surface area contributed by atoms with Crippen LogP contribution < -0.4 is 11.1 Å². The van der Waals surface area contributed by atoms with Crippen molar-refractivity contribution in [2.24, 2.45) is 5.73 Å². The summed E-state index contributed by atoms with van der Waals surface area (Å²) < 4.78 is 0. The molecule has 0 spiro atoms. The molecule has 0 radical (unpaired) electrons. The van der Waals surface area contributed by atoms with Crippen LogP contribution in [0.15, 0.2) is 23.1 Å². The second kappa shape index (κ2) is 7.17. The second-order valence-corrected chi connectivity index (χ2v) is 6.26. The van der Waals surface area contributed by atoms with E-state index < -0.39 is 0 Å². The van der Waals surface area contributed by atoms with Crippen molar-refractivity contribution in [2.45, 2.75) is 36.6 Å². The van der Waals surface area contributed by atoms with Gasteiger partial charge in [-0.15, -0.1) is 11.8 Å². The minimum absolute atomic E-state index is 0.0975. The molecular formula is C14H19ClN2OS. The molecule has 1 atom stereocenters. The van der Waals surface area contributed by atoms with Crippen molar-refractivity contribution >= 4 is 29.3 Å². The number of nitrogens with one attached hydrogen (secondary N) is 1. The average Bonchev–Trinajstić information content (AvgIpc) is 2.40. The molecule has 0 bridgehead atoms. The Morgan fingerprint density at radius 3 is 3.11 bits per heavy atom. The van der Waals surface area contributed by atoms with E-state index in [0.29, 0.717) is 13.0 Å². The molecule has 1 aromatic rings. The Balaban J connectivity index is 1.99. The number of nitrogens with two attached hydrogens (primary N) is 1. The van der Waals surface area contributed by atoms with E-state index in [1.807, 2.05) is 30.0 Å². The Hall–Kier alpha value is -0.710. The molecule has 1 heterocycles. The molecule has 1 aliphatic rings. The van der Waals surface area contributed by atoms with Gasteiger partial charge in [-0.2, -0.15) is 0 Å². The number of unbranched alkanes of at least 4 members (excludes halogenated alkanes) is 1. The zero-order chi connectivity index (χ0) is 13.7. The summed E-state index contributed by atoms with van der Waals surface area (Å²) in [6.45, 7) is 0.645. The van der Waals surface area contributed by atoms with Crippen LogP contribution in [0.3, 0.4) is 0 Å². The van der Waals surface area contributed by atoms with Gasteiger partial charge >= 0.3 is 0 Å². The molecule has 2 rings (SSSR count). The van der Waals surface area contributed by atoms with Crippen LogP contribution in [0.5, 0.6) is 0 Å². The lowest BCUT2D eigenvalue weighted by atomic mass is 10.0. The number of benzene rings is 1. The van der Waals surface area contributed by atoms with Crippen molar-refractivity contribution < 1.29 is 4.79 Å². The predicted octanol–water partition coefficient (Wildman–Crippen LogP) is 3.12. The Kier molecular flexibility index (Phi) is 5.55. The predicted molar refractivity (Wildman–Crippen MR) is 80.6 cm³/mol. The first kappa shape index (κ1) is 14.7. The number of hydrogen-bond donors (Lipinski definition) is 2. The molecule has 5 heteroatoms. The van der Waals surface area contributed by atoms with E-state index in [2.05, 4.69) is 5.32 Å². The monoisotopic (exact) mass is 298 g/mol. The number of carbonyl (C=O) groups excluding carboxylic acids is 1. The molecule has 19 heavy (non-hydrogen) atoms. The average molecular weight is 299 g/mol. The van der Waals surface area contributed by atoms with Crippen molar-refractivity contribution in [1.29, 1.82) is 0 Å². The second-order valence-electron chi connectivity index (χ2n) is 4.69. The Labute approximate surface area is 123 Å². The largest absolute Gasteiger partial charge is 0.349 e. The van der Waals surface area contributed by atoms with E-state index >= 15 is 0 Å². The van der Waals surface area contributed by atoms with Gasteiger partial charge in [0.2, 0.25) is 5.91 Å². The number of fused-ring (bicyclic) bond motifs is 1. The van der Waals surface area contributed by atoms with Crippen molar-refractivity contribution in [3.05, 3.63) is 28.8 Å². The van der Waals surface area contributed by atoms with E-state index in [9.17, 15) is 4.79 Å². The zero-order valence-electron chi connectivity index (χ0n) is 10.8. The summed E-state index contributed by atoms with van der Waals surface area (Å²) in [4.78, 5) is 13.1. The first-order chi connectivity index (χ1) is 9.20. The van der Waals surface area contributed by atoms with Gasteiger partial charge in [0.15, 0.2) is 0 Å². The highest BCUT2D eigenvalue weighted by molar-refractivity contribution is 7.99. The van der Waals surface area contributed by atoms with Gasteiger partial charge < -0.3 is 11.1 Å². The Bertz CT molecular complexity index is 453. The summed E-state index contributed by atoms with van der Waals surface area (Å²) in [5.74, 6) is 1.14. The molecular weight excluding hydrogens is 280 g/mol. The van der Waals surface area contributed by atoms with Crippen LogP contribution in [0, 0.1) is 0 Å². The van der Waals surface area contributed by atoms with Crippen molar-refractivity contribution in [2.75, 3.05) is 12.3 Å². The lowest BCUT2D eigenvalue weighted by Crippen LogP contribution is -2.30. The minimum atomic E-state index is 0.0975. The maximum Gasteiger partial charge on any atom is 0.220 e. The van der Waals surface area contributed by atoms with E-state index in [1.54, 1.807) is 0 Å². The zero-order valence-corrected chi connectivity index (χ0v) is 12.4. The lowest BCUT2D eigenvalue weighted by molar-refractivity contribution is -0.122. The molecule has 0 aromatic heterocycles. The topological polar surface area (TPSA) is 55.1 Å². The van der Waals surface area contributed by atoms with E-state index in [1.165, 1.54) is 4.90 Å². The van der Waals surface area contributed by atoms with Crippen LogP contribution >= 0.6 is 23.4 Å². The molecule has 0 saturated carbocycles. The quantitative estimate of drug-likeness (QED) is 0.821. The van der Waals surface area contributed by atoms with Crippen LogP contribution in [-0.4, -0.2) is 18.2 Å². The van der Waals surface area contributed by atoms with Crippen LogP contribution in [0.2, 0.25) is 5.02 Å². The number of amides is 1. The highest BCUT2D eigenvalue weighted by atomic mass is 35.5. The van der Waals surface area contributed by atoms with Gasteiger partial charge in [-0.25, -0.2) is 0 Å². The first-order valence-electron chi connectivity index (χ1n) is 6.62. The fourth-order valence-electron chi connectivity index (χ4n) is 2.21. The fraction of sp³-hybridized carbons (Fsp3) is 0.500. The number of rotatable bonds is 5. The molecule has 104 valence electrons. The normalized spacial score (nSPS) is 17.9. The standard InChI is InChI=1S/C14H19ClN2OS/c15-10-4-5-13-11(9-10)12(6-8-19-13)17-14(18)3-1-2-7-16/h4-5,9,12H,1-3,6-8,16H2,(H,17,18). The molecule has 0 fully saturated rings. The van der Waals surface area contributed by atoms with Crippen LogP contribution in [0.1, 0.15) is 37.3 Å². The molecule has 0 aliphatic carbocycles. The summed E-state index contributed by atoms with van der Waals surface area (Å²) in [5.41, 5.74) is 6.58. The summed E-state index contributed by atoms with van der Waals surface area (Å²) in [6.07, 6.45) is 3.26. The number of carbonyl (C=O) groups is 1. The molecule has 3 nitrogen and oxygen atoms in total. The summed E-state index contributed by atoms with van der Waals surface area (Å²) in [6, 6.07) is 6.00. The maximum atomic E-state index is 11.9. The Morgan fingerprint density at radius 1 is 1.47 bits per heavy atom. The molecule has 3 N–H and O–H groups in total. The summed E-state index contributed by atoms with van der Waals surface area (Å²) in [5, 5.41) is 3.84. The van der Waals surface area contributed by atoms with Crippen molar-refractivity contribution in [3.63, 3.8) is 0 Å². The maximum absolute atomic E-state index is 11.9. The van der Waals surface area contributed by atoms with Crippen LogP contribution in [-0.2, 0) is 4.79 Å². The number of thioether (sulfide) groups is 1. The molecule has 1 aromatic carbocycles. The van der Waals surface area contributed by atoms with Crippen molar-refractivity contribution in [1.82, 2.24) is 5.32 Å². The van der Waals surface area contributed by atoms with Gasteiger partial charge in [-0.1, -0.05) is 11.6 Å². The third-order valence-electron chi connectivity index (χ3n) is 3.20. The van der Waals surface area contributed by atoms with Crippen LogP contribution in [0.4, 0.5) is 0 Å². The molecule has 0 saturated heterocycles. The molecule has 1 amide bonds. The Morgan fingerprint density at radius 2 is 2.32 bits per heavy atom. The van der Waals surface area contributed by atoms with Crippen LogP contribution in [0.25, 0.3) is 0 Å². The van der Waals surface area contributed by atoms with E-state index in [-0.39, 0.29) is 11.9 Å². The fourth-order valence-corrected chi connectivity index (χ4v) is 3.50. The molecule has 1 aliphatic heterocycles. The highest BCUT2D eigenvalue weighted by Crippen LogP contribution is 2.37. The third kappa shape index (κ3) is 4.13.